The Morgan fingerprint density at radius 2 is 2.04 bits per heavy atom. The van der Waals surface area contributed by atoms with Crippen LogP contribution in [0.25, 0.3) is 0 Å². The van der Waals surface area contributed by atoms with Gasteiger partial charge in [-0.3, -0.25) is 9.59 Å². The third-order valence-corrected chi connectivity index (χ3v) is 4.48. The van der Waals surface area contributed by atoms with Crippen molar-refractivity contribution in [3.63, 3.8) is 0 Å². The number of amides is 1. The van der Waals surface area contributed by atoms with Crippen molar-refractivity contribution in [1.29, 1.82) is 0 Å². The summed E-state index contributed by atoms with van der Waals surface area (Å²) < 4.78 is 5.56. The molecule has 1 aromatic rings. The highest BCUT2D eigenvalue weighted by Gasteiger charge is 2.41. The topological polar surface area (TPSA) is 46.6 Å². The van der Waals surface area contributed by atoms with E-state index in [1.807, 2.05) is 43.3 Å². The van der Waals surface area contributed by atoms with Crippen LogP contribution in [0.3, 0.4) is 0 Å². The van der Waals surface area contributed by atoms with Gasteiger partial charge in [0, 0.05) is 5.57 Å². The van der Waals surface area contributed by atoms with E-state index in [2.05, 4.69) is 0 Å². The average Bonchev–Trinajstić information content (AvgIpc) is 3.33. The van der Waals surface area contributed by atoms with Crippen LogP contribution in [0, 0.1) is 5.92 Å². The smallest absolute Gasteiger partial charge is 0.252 e. The fraction of sp³-hybridized carbons (Fsp3) is 0.474. The number of allylic oxidation sites excluding steroid dienone is 1. The van der Waals surface area contributed by atoms with Crippen LogP contribution in [0.5, 0.6) is 0 Å². The molecule has 0 bridgehead atoms. The molecule has 4 nitrogen and oxygen atoms in total. The van der Waals surface area contributed by atoms with Gasteiger partial charge in [-0.05, 0) is 37.2 Å². The Morgan fingerprint density at radius 1 is 1.30 bits per heavy atom. The Labute approximate surface area is 137 Å². The monoisotopic (exact) mass is 313 g/mol. The molecule has 0 aromatic heterocycles. The predicted octanol–water partition coefficient (Wildman–Crippen LogP) is 2.73. The van der Waals surface area contributed by atoms with Gasteiger partial charge in [0.25, 0.3) is 5.91 Å². The summed E-state index contributed by atoms with van der Waals surface area (Å²) in [5.74, 6) is 0.345. The van der Waals surface area contributed by atoms with E-state index in [1.165, 1.54) is 0 Å². The van der Waals surface area contributed by atoms with Crippen LogP contribution in [0.2, 0.25) is 0 Å². The van der Waals surface area contributed by atoms with E-state index in [4.69, 9.17) is 4.74 Å². The van der Waals surface area contributed by atoms with E-state index in [1.54, 1.807) is 4.90 Å². The molecule has 23 heavy (non-hydrogen) atoms. The number of rotatable bonds is 6. The van der Waals surface area contributed by atoms with Crippen molar-refractivity contribution in [2.75, 3.05) is 6.61 Å². The van der Waals surface area contributed by atoms with Gasteiger partial charge in [-0.2, -0.15) is 0 Å². The summed E-state index contributed by atoms with van der Waals surface area (Å²) in [5, 5.41) is 0. The minimum absolute atomic E-state index is 0.0233. The average molecular weight is 313 g/mol. The fourth-order valence-corrected chi connectivity index (χ4v) is 3.20. The second-order valence-electron chi connectivity index (χ2n) is 6.26. The lowest BCUT2D eigenvalue weighted by Gasteiger charge is -2.27. The van der Waals surface area contributed by atoms with Crippen molar-refractivity contribution in [3.05, 3.63) is 47.5 Å². The molecule has 1 aromatic carbocycles. The first-order valence-corrected chi connectivity index (χ1v) is 8.38. The zero-order valence-electron chi connectivity index (χ0n) is 13.5. The number of nitrogens with zero attached hydrogens (tertiary/aromatic N) is 1. The molecule has 1 saturated carbocycles. The Bertz CT molecular complexity index is 592. The van der Waals surface area contributed by atoms with Gasteiger partial charge in [0.05, 0.1) is 12.6 Å². The van der Waals surface area contributed by atoms with Gasteiger partial charge in [0.1, 0.15) is 0 Å². The number of carbonyl (C=O) groups excluding carboxylic acids is 2. The van der Waals surface area contributed by atoms with E-state index in [0.717, 1.165) is 36.7 Å². The summed E-state index contributed by atoms with van der Waals surface area (Å²) in [7, 11) is 0. The van der Waals surface area contributed by atoms with Crippen molar-refractivity contribution in [3.8, 4) is 0 Å². The lowest BCUT2D eigenvalue weighted by molar-refractivity contribution is -0.139. The molecule has 122 valence electrons. The SMILES string of the molecule is CCC=C(C(=O)N1C(Cc2ccccc2)COC1C=O)C1CC1. The second-order valence-corrected chi connectivity index (χ2v) is 6.26. The molecule has 2 unspecified atom stereocenters. The number of ether oxygens (including phenoxy) is 1. The Kier molecular flexibility index (Phi) is 4.91. The first-order valence-electron chi connectivity index (χ1n) is 8.38. The van der Waals surface area contributed by atoms with Crippen LogP contribution >= 0.6 is 0 Å². The standard InChI is InChI=1S/C19H23NO3/c1-2-6-17(15-9-10-15)19(22)20-16(13-23-18(20)12-21)11-14-7-4-3-5-8-14/h3-8,12,15-16,18H,2,9-11,13H2,1H3. The van der Waals surface area contributed by atoms with Gasteiger partial charge in [-0.15, -0.1) is 0 Å². The summed E-state index contributed by atoms with van der Waals surface area (Å²) in [6.07, 6.45) is 5.68. The maximum Gasteiger partial charge on any atom is 0.252 e. The van der Waals surface area contributed by atoms with Crippen LogP contribution < -0.4 is 0 Å². The molecule has 3 rings (SSSR count). The molecule has 0 spiro atoms. The van der Waals surface area contributed by atoms with E-state index >= 15 is 0 Å². The Morgan fingerprint density at radius 3 is 2.65 bits per heavy atom. The molecule has 1 heterocycles. The molecule has 2 aliphatic rings. The molecule has 1 amide bonds. The molecule has 2 atom stereocenters. The highest BCUT2D eigenvalue weighted by atomic mass is 16.5. The van der Waals surface area contributed by atoms with Gasteiger partial charge in [0.15, 0.2) is 12.5 Å². The van der Waals surface area contributed by atoms with Crippen LogP contribution in [0.4, 0.5) is 0 Å². The largest absolute Gasteiger partial charge is 0.349 e. The molecule has 4 heteroatoms. The lowest BCUT2D eigenvalue weighted by Crippen LogP contribution is -2.44. The van der Waals surface area contributed by atoms with Crippen LogP contribution in [0.15, 0.2) is 42.0 Å². The second kappa shape index (κ2) is 7.09. The van der Waals surface area contributed by atoms with Crippen LogP contribution in [-0.2, 0) is 20.7 Å². The van der Waals surface area contributed by atoms with E-state index < -0.39 is 6.23 Å². The maximum atomic E-state index is 13.0. The van der Waals surface area contributed by atoms with Gasteiger partial charge >= 0.3 is 0 Å². The van der Waals surface area contributed by atoms with Crippen molar-refractivity contribution in [2.24, 2.45) is 5.92 Å². The number of carbonyl (C=O) groups is 2. The first-order chi connectivity index (χ1) is 11.2. The summed E-state index contributed by atoms with van der Waals surface area (Å²) in [6.45, 7) is 2.45. The van der Waals surface area contributed by atoms with Crippen molar-refractivity contribution in [1.82, 2.24) is 4.90 Å². The summed E-state index contributed by atoms with van der Waals surface area (Å²) >= 11 is 0. The molecular weight excluding hydrogens is 290 g/mol. The van der Waals surface area contributed by atoms with Gasteiger partial charge < -0.3 is 9.64 Å². The molecule has 0 radical (unpaired) electrons. The zero-order chi connectivity index (χ0) is 16.2. The third-order valence-electron chi connectivity index (χ3n) is 4.48. The number of hydrogen-bond acceptors (Lipinski definition) is 3. The third kappa shape index (κ3) is 3.53. The highest BCUT2D eigenvalue weighted by molar-refractivity contribution is 5.96. The van der Waals surface area contributed by atoms with Crippen molar-refractivity contribution < 1.29 is 14.3 Å². The van der Waals surface area contributed by atoms with Crippen molar-refractivity contribution in [2.45, 2.75) is 44.9 Å². The highest BCUT2D eigenvalue weighted by Crippen LogP contribution is 2.38. The van der Waals surface area contributed by atoms with E-state index in [9.17, 15) is 9.59 Å². The fourth-order valence-electron chi connectivity index (χ4n) is 3.20. The van der Waals surface area contributed by atoms with Crippen LogP contribution in [0.1, 0.15) is 31.7 Å². The normalized spacial score (nSPS) is 24.7. The molecule has 1 aliphatic heterocycles. The number of benzene rings is 1. The molecular formula is C19H23NO3. The van der Waals surface area contributed by atoms with E-state index in [0.29, 0.717) is 18.9 Å². The summed E-state index contributed by atoms with van der Waals surface area (Å²) in [6, 6.07) is 9.95. The molecule has 2 fully saturated rings. The lowest BCUT2D eigenvalue weighted by atomic mass is 10.0. The maximum absolute atomic E-state index is 13.0. The first kappa shape index (κ1) is 15.9. The zero-order valence-corrected chi connectivity index (χ0v) is 13.5. The number of aldehydes is 1. The Balaban J connectivity index is 1.81. The quantitative estimate of drug-likeness (QED) is 0.599. The summed E-state index contributed by atoms with van der Waals surface area (Å²) in [4.78, 5) is 26.0. The van der Waals surface area contributed by atoms with Crippen LogP contribution in [-0.4, -0.2) is 36.0 Å². The number of hydrogen-bond donors (Lipinski definition) is 0. The van der Waals surface area contributed by atoms with Crippen molar-refractivity contribution >= 4 is 12.2 Å². The predicted molar refractivity (Wildman–Crippen MR) is 87.7 cm³/mol. The minimum Gasteiger partial charge on any atom is -0.349 e. The minimum atomic E-state index is -0.754. The van der Waals surface area contributed by atoms with Gasteiger partial charge in [0.2, 0.25) is 0 Å². The van der Waals surface area contributed by atoms with Gasteiger partial charge in [-0.1, -0.05) is 43.3 Å². The molecule has 1 aliphatic carbocycles. The van der Waals surface area contributed by atoms with E-state index in [-0.39, 0.29) is 11.9 Å². The van der Waals surface area contributed by atoms with Gasteiger partial charge in [-0.25, -0.2) is 0 Å². The Hall–Kier alpha value is -1.94. The molecule has 0 N–H and O–H groups in total. The summed E-state index contributed by atoms with van der Waals surface area (Å²) in [5.41, 5.74) is 2.01. The molecule has 1 saturated heterocycles.